The van der Waals surface area contributed by atoms with Gasteiger partial charge in [0.05, 0.1) is 12.7 Å². The molecule has 0 heterocycles. The Morgan fingerprint density at radius 3 is 2.60 bits per heavy atom. The Morgan fingerprint density at radius 2 is 1.90 bits per heavy atom. The fourth-order valence-electron chi connectivity index (χ4n) is 7.89. The predicted molar refractivity (Wildman–Crippen MR) is 112 cm³/mol. The molecule has 0 aromatic carbocycles. The molecular weight excluding hydrogens is 389 g/mol. The Hall–Kier alpha value is -0.810. The van der Waals surface area contributed by atoms with Crippen molar-refractivity contribution in [3.8, 4) is 0 Å². The van der Waals surface area contributed by atoms with Gasteiger partial charge in [0, 0.05) is 6.42 Å². The van der Waals surface area contributed by atoms with E-state index in [1.807, 2.05) is 0 Å². The summed E-state index contributed by atoms with van der Waals surface area (Å²) in [6.07, 6.45) is 6.74. The standard InChI is InChI=1S/C25H37F3O2/c1-23-12-9-16(15-29)14-17(23)5-6-18-19-7-8-21(24(19,2)13-10-20(18)23)22(30)4-3-11-25(26,27)28/h5,14,18-22,29-30H,3-4,6-13,15H2,1-2H3/t18-,19-,20-,21+,22?,23-,24-/m0/s1. The molecule has 4 aliphatic rings. The molecule has 0 radical (unpaired) electrons. The van der Waals surface area contributed by atoms with E-state index in [2.05, 4.69) is 26.0 Å². The van der Waals surface area contributed by atoms with Crippen molar-refractivity contribution in [1.82, 2.24) is 0 Å². The first-order valence-electron chi connectivity index (χ1n) is 11.8. The van der Waals surface area contributed by atoms with Crippen LogP contribution in [0.5, 0.6) is 0 Å². The number of fused-ring (bicyclic) bond motifs is 5. The van der Waals surface area contributed by atoms with Crippen molar-refractivity contribution in [3.63, 3.8) is 0 Å². The average Bonchev–Trinajstić information content (AvgIpc) is 3.03. The van der Waals surface area contributed by atoms with Crippen molar-refractivity contribution < 1.29 is 23.4 Å². The van der Waals surface area contributed by atoms with E-state index in [-0.39, 0.29) is 36.2 Å². The molecule has 2 saturated carbocycles. The van der Waals surface area contributed by atoms with Gasteiger partial charge in [0.15, 0.2) is 0 Å². The lowest BCUT2D eigenvalue weighted by atomic mass is 9.47. The van der Waals surface area contributed by atoms with Gasteiger partial charge in [0.1, 0.15) is 0 Å². The SMILES string of the molecule is C[C@]12CC[C@H]3[C@@H](CC=C4C=C(CO)CC[C@@]43C)[C@@H]1CC[C@@H]2C(O)CCCC(F)(F)F. The van der Waals surface area contributed by atoms with Gasteiger partial charge < -0.3 is 10.2 Å². The number of aliphatic hydroxyl groups excluding tert-OH is 2. The Balaban J connectivity index is 1.49. The summed E-state index contributed by atoms with van der Waals surface area (Å²) in [4.78, 5) is 0. The van der Waals surface area contributed by atoms with E-state index >= 15 is 0 Å². The van der Waals surface area contributed by atoms with Crippen LogP contribution in [0.2, 0.25) is 0 Å². The second kappa shape index (κ2) is 7.95. The first-order valence-corrected chi connectivity index (χ1v) is 11.8. The molecule has 0 saturated heterocycles. The molecule has 30 heavy (non-hydrogen) atoms. The molecule has 0 aromatic rings. The minimum Gasteiger partial charge on any atom is -0.393 e. The number of aliphatic hydroxyl groups is 2. The lowest BCUT2D eigenvalue weighted by Crippen LogP contribution is -2.50. The van der Waals surface area contributed by atoms with Crippen LogP contribution >= 0.6 is 0 Å². The molecule has 2 nitrogen and oxygen atoms in total. The molecule has 0 spiro atoms. The van der Waals surface area contributed by atoms with Crippen LogP contribution in [0.15, 0.2) is 23.3 Å². The number of halogens is 3. The van der Waals surface area contributed by atoms with Crippen LogP contribution in [0, 0.1) is 34.5 Å². The molecule has 0 aromatic heterocycles. The summed E-state index contributed by atoms with van der Waals surface area (Å²) in [5, 5.41) is 20.4. The summed E-state index contributed by atoms with van der Waals surface area (Å²) in [6, 6.07) is 0. The molecular formula is C25H37F3O2. The van der Waals surface area contributed by atoms with E-state index in [0.717, 1.165) is 50.5 Å². The maximum Gasteiger partial charge on any atom is 0.389 e. The monoisotopic (exact) mass is 426 g/mol. The number of alkyl halides is 3. The topological polar surface area (TPSA) is 40.5 Å². The van der Waals surface area contributed by atoms with Crippen molar-refractivity contribution in [2.45, 2.75) is 90.3 Å². The van der Waals surface area contributed by atoms with Crippen molar-refractivity contribution in [1.29, 1.82) is 0 Å². The zero-order valence-electron chi connectivity index (χ0n) is 18.3. The van der Waals surface area contributed by atoms with Crippen LogP contribution in [0.1, 0.15) is 78.1 Å². The lowest BCUT2D eigenvalue weighted by molar-refractivity contribution is -0.137. The zero-order valence-corrected chi connectivity index (χ0v) is 18.3. The molecule has 5 heteroatoms. The number of hydrogen-bond donors (Lipinski definition) is 2. The van der Waals surface area contributed by atoms with Crippen LogP contribution in [0.3, 0.4) is 0 Å². The van der Waals surface area contributed by atoms with Crippen LogP contribution in [0.25, 0.3) is 0 Å². The highest BCUT2D eigenvalue weighted by atomic mass is 19.4. The quantitative estimate of drug-likeness (QED) is 0.550. The third-order valence-electron chi connectivity index (χ3n) is 9.55. The maximum atomic E-state index is 12.5. The van der Waals surface area contributed by atoms with Crippen LogP contribution < -0.4 is 0 Å². The Bertz CT molecular complexity index is 712. The Labute approximate surface area is 178 Å². The van der Waals surface area contributed by atoms with Gasteiger partial charge in [-0.3, -0.25) is 0 Å². The summed E-state index contributed by atoms with van der Waals surface area (Å²) < 4.78 is 37.6. The molecule has 7 atom stereocenters. The zero-order chi connectivity index (χ0) is 21.7. The van der Waals surface area contributed by atoms with Crippen LogP contribution in [-0.2, 0) is 0 Å². The highest BCUT2D eigenvalue weighted by Crippen LogP contribution is 2.66. The van der Waals surface area contributed by atoms with Gasteiger partial charge in [-0.05, 0) is 103 Å². The maximum absolute atomic E-state index is 12.5. The van der Waals surface area contributed by atoms with E-state index < -0.39 is 18.7 Å². The summed E-state index contributed by atoms with van der Waals surface area (Å²) >= 11 is 0. The summed E-state index contributed by atoms with van der Waals surface area (Å²) in [5.74, 6) is 1.92. The highest BCUT2D eigenvalue weighted by Gasteiger charge is 2.59. The fraction of sp³-hybridized carbons (Fsp3) is 0.840. The molecule has 170 valence electrons. The first kappa shape index (κ1) is 22.4. The van der Waals surface area contributed by atoms with Gasteiger partial charge in [0.25, 0.3) is 0 Å². The Kier molecular flexibility index (Phi) is 5.93. The minimum atomic E-state index is -4.13. The van der Waals surface area contributed by atoms with Crippen LogP contribution in [0.4, 0.5) is 13.2 Å². The second-order valence-corrected chi connectivity index (χ2v) is 11.0. The normalized spacial score (nSPS) is 42.0. The highest BCUT2D eigenvalue weighted by molar-refractivity contribution is 5.37. The molecule has 1 unspecified atom stereocenters. The first-order chi connectivity index (χ1) is 14.1. The van der Waals surface area contributed by atoms with Crippen LogP contribution in [-0.4, -0.2) is 29.1 Å². The molecule has 0 bridgehead atoms. The summed E-state index contributed by atoms with van der Waals surface area (Å²) in [7, 11) is 0. The number of rotatable bonds is 5. The lowest BCUT2D eigenvalue weighted by Gasteiger charge is -2.57. The van der Waals surface area contributed by atoms with E-state index in [0.29, 0.717) is 17.8 Å². The van der Waals surface area contributed by atoms with Crippen molar-refractivity contribution in [2.75, 3.05) is 6.61 Å². The minimum absolute atomic E-state index is 0.0255. The largest absolute Gasteiger partial charge is 0.393 e. The molecule has 2 fully saturated rings. The van der Waals surface area contributed by atoms with Crippen molar-refractivity contribution in [2.24, 2.45) is 34.5 Å². The van der Waals surface area contributed by atoms with Gasteiger partial charge in [-0.1, -0.05) is 26.0 Å². The third-order valence-corrected chi connectivity index (χ3v) is 9.55. The molecule has 0 amide bonds. The van der Waals surface area contributed by atoms with E-state index in [1.165, 1.54) is 5.57 Å². The summed E-state index contributed by atoms with van der Waals surface area (Å²) in [5.41, 5.74) is 2.76. The fourth-order valence-corrected chi connectivity index (χ4v) is 7.89. The van der Waals surface area contributed by atoms with Gasteiger partial charge in [-0.15, -0.1) is 0 Å². The Morgan fingerprint density at radius 1 is 1.13 bits per heavy atom. The predicted octanol–water partition coefficient (Wildman–Crippen LogP) is 6.19. The molecule has 4 rings (SSSR count). The van der Waals surface area contributed by atoms with Crippen molar-refractivity contribution >= 4 is 0 Å². The summed E-state index contributed by atoms with van der Waals surface area (Å²) in [6.45, 7) is 4.86. The third kappa shape index (κ3) is 3.79. The number of allylic oxidation sites excluding steroid dienone is 3. The molecule has 4 aliphatic carbocycles. The van der Waals surface area contributed by atoms with Gasteiger partial charge >= 0.3 is 6.18 Å². The molecule has 2 N–H and O–H groups in total. The van der Waals surface area contributed by atoms with E-state index in [4.69, 9.17) is 0 Å². The number of hydrogen-bond acceptors (Lipinski definition) is 2. The van der Waals surface area contributed by atoms with Gasteiger partial charge in [-0.25, -0.2) is 0 Å². The smallest absolute Gasteiger partial charge is 0.389 e. The van der Waals surface area contributed by atoms with E-state index in [1.54, 1.807) is 0 Å². The average molecular weight is 427 g/mol. The van der Waals surface area contributed by atoms with Crippen molar-refractivity contribution in [3.05, 3.63) is 23.3 Å². The van der Waals surface area contributed by atoms with Gasteiger partial charge in [-0.2, -0.15) is 13.2 Å². The van der Waals surface area contributed by atoms with E-state index in [9.17, 15) is 23.4 Å². The molecule has 0 aliphatic heterocycles. The van der Waals surface area contributed by atoms with Gasteiger partial charge in [0.2, 0.25) is 0 Å². The second-order valence-electron chi connectivity index (χ2n) is 11.0.